The van der Waals surface area contributed by atoms with Gasteiger partial charge in [0.05, 0.1) is 31.2 Å². The number of fused-ring (bicyclic) bond motifs is 1. The molecule has 1 aromatic carbocycles. The Kier molecular flexibility index (Phi) is 6.92. The number of hydrogen-bond donors (Lipinski definition) is 2. The van der Waals surface area contributed by atoms with E-state index in [1.54, 1.807) is 23.1 Å². The number of benzene rings is 1. The molecule has 2 fully saturated rings. The van der Waals surface area contributed by atoms with E-state index in [1.165, 1.54) is 33.5 Å². The van der Waals surface area contributed by atoms with E-state index in [9.17, 15) is 9.59 Å². The minimum Gasteiger partial charge on any atom is -0.477 e. The highest BCUT2D eigenvalue weighted by molar-refractivity contribution is 5.92. The number of carbonyl (C=O) groups is 2. The van der Waals surface area contributed by atoms with Gasteiger partial charge in [0.15, 0.2) is 0 Å². The fraction of sp³-hybridized carbons (Fsp3) is 0.565. The van der Waals surface area contributed by atoms with Gasteiger partial charge in [-0.3, -0.25) is 4.79 Å². The zero-order valence-corrected chi connectivity index (χ0v) is 18.7. The van der Waals surface area contributed by atoms with Crippen LogP contribution in [0.2, 0.25) is 0 Å². The molecule has 4 rings (SSSR count). The number of hydrogen-bond acceptors (Lipinski definition) is 6. The number of piperidine rings is 1. The van der Waals surface area contributed by atoms with Gasteiger partial charge in [0.2, 0.25) is 5.91 Å². The standard InChI is InChI=1S/C23H31N5O4/c1-31-21-22(32-2)27-19-13-17(10-11-18(19)26-21)25-23(30)28-12-6-7-15(14-28)20(29)24-16-8-4-3-5-9-16/h10-11,13,15-16H,3-9,12,14H2,1-2H3,(H,24,29)(H,25,30). The van der Waals surface area contributed by atoms with E-state index in [-0.39, 0.29) is 29.8 Å². The van der Waals surface area contributed by atoms with Gasteiger partial charge in [0.1, 0.15) is 0 Å². The highest BCUT2D eigenvalue weighted by Crippen LogP contribution is 2.27. The van der Waals surface area contributed by atoms with Crippen LogP contribution in [0.25, 0.3) is 11.0 Å². The predicted molar refractivity (Wildman–Crippen MR) is 121 cm³/mol. The van der Waals surface area contributed by atoms with Crippen LogP contribution in [0.5, 0.6) is 11.8 Å². The third-order valence-electron chi connectivity index (χ3n) is 6.27. The molecule has 9 nitrogen and oxygen atoms in total. The number of amides is 3. The molecule has 1 atom stereocenters. The topological polar surface area (TPSA) is 106 Å². The van der Waals surface area contributed by atoms with E-state index in [2.05, 4.69) is 20.6 Å². The number of urea groups is 1. The van der Waals surface area contributed by atoms with Gasteiger partial charge in [0.25, 0.3) is 11.8 Å². The molecule has 2 heterocycles. The summed E-state index contributed by atoms with van der Waals surface area (Å²) >= 11 is 0. The van der Waals surface area contributed by atoms with Crippen molar-refractivity contribution in [3.8, 4) is 11.8 Å². The second-order valence-corrected chi connectivity index (χ2v) is 8.50. The number of likely N-dealkylation sites (tertiary alicyclic amines) is 1. The molecule has 1 aromatic heterocycles. The molecular formula is C23H31N5O4. The van der Waals surface area contributed by atoms with E-state index >= 15 is 0 Å². The summed E-state index contributed by atoms with van der Waals surface area (Å²) < 4.78 is 10.4. The smallest absolute Gasteiger partial charge is 0.321 e. The minimum absolute atomic E-state index is 0.0800. The van der Waals surface area contributed by atoms with Gasteiger partial charge in [-0.1, -0.05) is 19.3 Å². The lowest BCUT2D eigenvalue weighted by Crippen LogP contribution is -2.48. The summed E-state index contributed by atoms with van der Waals surface area (Å²) in [5.41, 5.74) is 1.83. The van der Waals surface area contributed by atoms with Crippen LogP contribution in [-0.4, -0.2) is 60.2 Å². The lowest BCUT2D eigenvalue weighted by atomic mass is 9.93. The Hall–Kier alpha value is -3.10. The van der Waals surface area contributed by atoms with Crippen molar-refractivity contribution in [1.29, 1.82) is 0 Å². The molecule has 1 aliphatic heterocycles. The number of nitrogens with zero attached hydrogens (tertiary/aromatic N) is 3. The monoisotopic (exact) mass is 441 g/mol. The van der Waals surface area contributed by atoms with Crippen LogP contribution < -0.4 is 20.1 Å². The van der Waals surface area contributed by atoms with Crippen LogP contribution in [-0.2, 0) is 4.79 Å². The third-order valence-corrected chi connectivity index (χ3v) is 6.27. The summed E-state index contributed by atoms with van der Waals surface area (Å²) in [5.74, 6) is 0.515. The number of methoxy groups -OCH3 is 2. The predicted octanol–water partition coefficient (Wildman–Crippen LogP) is 3.34. The van der Waals surface area contributed by atoms with Gasteiger partial charge < -0.3 is 25.0 Å². The quantitative estimate of drug-likeness (QED) is 0.737. The molecule has 32 heavy (non-hydrogen) atoms. The van der Waals surface area contributed by atoms with Crippen molar-refractivity contribution in [3.63, 3.8) is 0 Å². The Morgan fingerprint density at radius 2 is 1.69 bits per heavy atom. The number of ether oxygens (including phenoxy) is 2. The molecule has 0 bridgehead atoms. The van der Waals surface area contributed by atoms with E-state index < -0.39 is 0 Å². The molecule has 9 heteroatoms. The van der Waals surface area contributed by atoms with Crippen LogP contribution in [0.15, 0.2) is 18.2 Å². The third kappa shape index (κ3) is 5.03. The molecule has 0 spiro atoms. The normalized spacial score (nSPS) is 19.4. The first-order chi connectivity index (χ1) is 15.6. The van der Waals surface area contributed by atoms with Crippen LogP contribution in [0.4, 0.5) is 10.5 Å². The molecule has 1 saturated carbocycles. The van der Waals surface area contributed by atoms with Gasteiger partial charge in [0, 0.05) is 24.8 Å². The first-order valence-corrected chi connectivity index (χ1v) is 11.3. The van der Waals surface area contributed by atoms with Crippen molar-refractivity contribution in [1.82, 2.24) is 20.2 Å². The molecule has 0 radical (unpaired) electrons. The molecule has 172 valence electrons. The van der Waals surface area contributed by atoms with Gasteiger partial charge >= 0.3 is 6.03 Å². The summed E-state index contributed by atoms with van der Waals surface area (Å²) in [6.45, 7) is 1.07. The molecule has 2 aromatic rings. The number of anilines is 1. The zero-order chi connectivity index (χ0) is 22.5. The number of carbonyl (C=O) groups excluding carboxylic acids is 2. The number of nitrogens with one attached hydrogen (secondary N) is 2. The maximum absolute atomic E-state index is 12.9. The maximum Gasteiger partial charge on any atom is 0.321 e. The van der Waals surface area contributed by atoms with Crippen LogP contribution in [0.3, 0.4) is 0 Å². The van der Waals surface area contributed by atoms with Gasteiger partial charge in [-0.25, -0.2) is 14.8 Å². The van der Waals surface area contributed by atoms with E-state index in [0.29, 0.717) is 35.7 Å². The van der Waals surface area contributed by atoms with Crippen LogP contribution in [0, 0.1) is 5.92 Å². The molecule has 3 amide bonds. The number of rotatable bonds is 5. The maximum atomic E-state index is 12.9. The van der Waals surface area contributed by atoms with Crippen molar-refractivity contribution in [3.05, 3.63) is 18.2 Å². The van der Waals surface area contributed by atoms with E-state index in [0.717, 1.165) is 25.7 Å². The summed E-state index contributed by atoms with van der Waals surface area (Å²) in [4.78, 5) is 36.1. The van der Waals surface area contributed by atoms with Crippen molar-refractivity contribution in [2.45, 2.75) is 51.0 Å². The fourth-order valence-corrected chi connectivity index (χ4v) is 4.51. The largest absolute Gasteiger partial charge is 0.477 e. The average Bonchev–Trinajstić information content (AvgIpc) is 2.83. The summed E-state index contributed by atoms with van der Waals surface area (Å²) in [7, 11) is 3.01. The summed E-state index contributed by atoms with van der Waals surface area (Å²) in [6, 6.07) is 5.37. The Morgan fingerprint density at radius 1 is 0.969 bits per heavy atom. The molecule has 1 saturated heterocycles. The molecule has 1 aliphatic carbocycles. The highest BCUT2D eigenvalue weighted by Gasteiger charge is 2.30. The first-order valence-electron chi connectivity index (χ1n) is 11.3. The summed E-state index contributed by atoms with van der Waals surface area (Å²) in [5, 5.41) is 6.13. The highest BCUT2D eigenvalue weighted by atomic mass is 16.5. The Morgan fingerprint density at radius 3 is 2.41 bits per heavy atom. The van der Waals surface area contributed by atoms with Gasteiger partial charge in [-0.2, -0.15) is 0 Å². The molecular weight excluding hydrogens is 410 g/mol. The SMILES string of the molecule is COc1nc2ccc(NC(=O)N3CCCC(C(=O)NC4CCCCC4)C3)cc2nc1OC. The summed E-state index contributed by atoms with van der Waals surface area (Å²) in [6.07, 6.45) is 7.36. The zero-order valence-electron chi connectivity index (χ0n) is 18.7. The van der Waals surface area contributed by atoms with Crippen LogP contribution in [0.1, 0.15) is 44.9 Å². The van der Waals surface area contributed by atoms with Crippen molar-refractivity contribution in [2.75, 3.05) is 32.6 Å². The average molecular weight is 442 g/mol. The fourth-order valence-electron chi connectivity index (χ4n) is 4.51. The second-order valence-electron chi connectivity index (χ2n) is 8.50. The van der Waals surface area contributed by atoms with Crippen LogP contribution >= 0.6 is 0 Å². The molecule has 1 unspecified atom stereocenters. The Balaban J connectivity index is 1.39. The lowest BCUT2D eigenvalue weighted by molar-refractivity contribution is -0.127. The van der Waals surface area contributed by atoms with Crippen molar-refractivity contribution in [2.24, 2.45) is 5.92 Å². The van der Waals surface area contributed by atoms with E-state index in [4.69, 9.17) is 9.47 Å². The van der Waals surface area contributed by atoms with Crippen molar-refractivity contribution < 1.29 is 19.1 Å². The Bertz CT molecular complexity index is 976. The van der Waals surface area contributed by atoms with Gasteiger partial charge in [-0.15, -0.1) is 0 Å². The lowest BCUT2D eigenvalue weighted by Gasteiger charge is -2.33. The first kappa shape index (κ1) is 22.1. The van der Waals surface area contributed by atoms with E-state index in [1.807, 2.05) is 0 Å². The second kappa shape index (κ2) is 10.0. The van der Waals surface area contributed by atoms with Crippen molar-refractivity contribution >= 4 is 28.7 Å². The molecule has 2 aliphatic rings. The van der Waals surface area contributed by atoms with Gasteiger partial charge in [-0.05, 0) is 43.9 Å². The number of aromatic nitrogens is 2. The molecule has 2 N–H and O–H groups in total. The Labute approximate surface area is 187 Å². The minimum atomic E-state index is -0.215.